The summed E-state index contributed by atoms with van der Waals surface area (Å²) in [4.78, 5) is 8.25. The van der Waals surface area contributed by atoms with Crippen molar-refractivity contribution in [2.24, 2.45) is 0 Å². The van der Waals surface area contributed by atoms with Gasteiger partial charge in [0.25, 0.3) is 0 Å². The van der Waals surface area contributed by atoms with Crippen molar-refractivity contribution in [3.63, 3.8) is 0 Å². The molecule has 0 N–H and O–H groups in total. The summed E-state index contributed by atoms with van der Waals surface area (Å²) in [7, 11) is 0. The first-order chi connectivity index (χ1) is 7.75. The van der Waals surface area contributed by atoms with Gasteiger partial charge in [0.2, 0.25) is 0 Å². The summed E-state index contributed by atoms with van der Waals surface area (Å²) in [6, 6.07) is 1.88. The van der Waals surface area contributed by atoms with Gasteiger partial charge in [0, 0.05) is 17.3 Å². The van der Waals surface area contributed by atoms with Crippen molar-refractivity contribution in [3.05, 3.63) is 34.5 Å². The summed E-state index contributed by atoms with van der Waals surface area (Å²) in [6.07, 6.45) is 4.74. The molecule has 2 aromatic heterocycles. The molecular formula is C11H11ClN4. The standard InChI is InChI=1S/C11H11ClN4/c1-7-5-10(14-6-13-7)16-11(12)8-3-2-4-9(8)15-16/h5-6H,2-4H2,1H3. The minimum absolute atomic E-state index is 0.700. The minimum atomic E-state index is 0.700. The van der Waals surface area contributed by atoms with Crippen molar-refractivity contribution in [2.45, 2.75) is 26.2 Å². The van der Waals surface area contributed by atoms with Gasteiger partial charge >= 0.3 is 0 Å². The summed E-state index contributed by atoms with van der Waals surface area (Å²) in [5, 5.41) is 5.20. The van der Waals surface area contributed by atoms with Crippen LogP contribution in [0.5, 0.6) is 0 Å². The Bertz CT molecular complexity index is 547. The van der Waals surface area contributed by atoms with Gasteiger partial charge in [-0.05, 0) is 26.2 Å². The van der Waals surface area contributed by atoms with Crippen molar-refractivity contribution < 1.29 is 0 Å². The molecule has 2 heterocycles. The molecule has 5 heteroatoms. The summed E-state index contributed by atoms with van der Waals surface area (Å²) in [5.41, 5.74) is 3.20. The normalized spacial score (nSPS) is 14.1. The van der Waals surface area contributed by atoms with Crippen LogP contribution in [0.4, 0.5) is 0 Å². The Kier molecular flexibility index (Phi) is 2.17. The average Bonchev–Trinajstić information content (AvgIpc) is 2.82. The maximum atomic E-state index is 6.30. The van der Waals surface area contributed by atoms with Gasteiger partial charge in [0.15, 0.2) is 5.82 Å². The molecule has 0 unspecified atom stereocenters. The van der Waals surface area contributed by atoms with Gasteiger partial charge in [-0.3, -0.25) is 0 Å². The molecule has 0 aromatic carbocycles. The number of nitrogens with zero attached hydrogens (tertiary/aromatic N) is 4. The average molecular weight is 235 g/mol. The fourth-order valence-corrected chi connectivity index (χ4v) is 2.39. The quantitative estimate of drug-likeness (QED) is 0.759. The summed E-state index contributed by atoms with van der Waals surface area (Å²) >= 11 is 6.30. The highest BCUT2D eigenvalue weighted by Crippen LogP contribution is 2.29. The molecule has 1 aliphatic rings. The smallest absolute Gasteiger partial charge is 0.158 e. The summed E-state index contributed by atoms with van der Waals surface area (Å²) in [6.45, 7) is 1.93. The Morgan fingerprint density at radius 3 is 2.94 bits per heavy atom. The van der Waals surface area contributed by atoms with Crippen LogP contribution in [0.25, 0.3) is 5.82 Å². The van der Waals surface area contributed by atoms with Crippen molar-refractivity contribution in [2.75, 3.05) is 0 Å². The number of aromatic nitrogens is 4. The molecule has 0 radical (unpaired) electrons. The molecular weight excluding hydrogens is 224 g/mol. The van der Waals surface area contributed by atoms with E-state index in [2.05, 4.69) is 15.1 Å². The van der Waals surface area contributed by atoms with Gasteiger partial charge in [-0.1, -0.05) is 11.6 Å². The number of hydrogen-bond acceptors (Lipinski definition) is 3. The molecule has 0 saturated carbocycles. The maximum absolute atomic E-state index is 6.30. The third kappa shape index (κ3) is 1.41. The van der Waals surface area contributed by atoms with Crippen LogP contribution >= 0.6 is 11.6 Å². The number of aryl methyl sites for hydroxylation is 2. The fourth-order valence-electron chi connectivity index (χ4n) is 2.06. The highest BCUT2D eigenvalue weighted by Gasteiger charge is 2.21. The zero-order chi connectivity index (χ0) is 11.1. The van der Waals surface area contributed by atoms with Crippen LogP contribution < -0.4 is 0 Å². The predicted molar refractivity (Wildman–Crippen MR) is 60.9 cm³/mol. The van der Waals surface area contributed by atoms with Crippen molar-refractivity contribution in [1.82, 2.24) is 19.7 Å². The van der Waals surface area contributed by atoms with E-state index < -0.39 is 0 Å². The Morgan fingerprint density at radius 1 is 1.31 bits per heavy atom. The Balaban J connectivity index is 2.14. The Hall–Kier alpha value is -1.42. The monoisotopic (exact) mass is 234 g/mol. The van der Waals surface area contributed by atoms with E-state index in [4.69, 9.17) is 11.6 Å². The number of hydrogen-bond donors (Lipinski definition) is 0. The van der Waals surface area contributed by atoms with Crippen LogP contribution in [-0.4, -0.2) is 19.7 Å². The predicted octanol–water partition coefficient (Wildman–Crippen LogP) is 2.11. The van der Waals surface area contributed by atoms with Crippen molar-refractivity contribution >= 4 is 11.6 Å². The molecule has 0 atom stereocenters. The van der Waals surface area contributed by atoms with Gasteiger partial charge in [-0.25, -0.2) is 14.6 Å². The lowest BCUT2D eigenvalue weighted by Gasteiger charge is -2.03. The largest absolute Gasteiger partial charge is 0.242 e. The van der Waals surface area contributed by atoms with E-state index in [0.29, 0.717) is 5.15 Å². The molecule has 0 aliphatic heterocycles. The molecule has 0 spiro atoms. The molecule has 0 amide bonds. The Morgan fingerprint density at radius 2 is 2.19 bits per heavy atom. The van der Waals surface area contributed by atoms with Crippen LogP contribution in [0, 0.1) is 6.92 Å². The lowest BCUT2D eigenvalue weighted by molar-refractivity contribution is 0.780. The highest BCUT2D eigenvalue weighted by molar-refractivity contribution is 6.30. The molecule has 16 heavy (non-hydrogen) atoms. The van der Waals surface area contributed by atoms with Crippen LogP contribution in [0.1, 0.15) is 23.4 Å². The summed E-state index contributed by atoms with van der Waals surface area (Å²) in [5.74, 6) is 0.743. The molecule has 0 bridgehead atoms. The zero-order valence-corrected chi connectivity index (χ0v) is 9.70. The third-order valence-electron chi connectivity index (χ3n) is 2.85. The van der Waals surface area contributed by atoms with Crippen LogP contribution in [0.2, 0.25) is 5.15 Å². The number of halogens is 1. The maximum Gasteiger partial charge on any atom is 0.158 e. The second-order valence-corrected chi connectivity index (χ2v) is 4.36. The van der Waals surface area contributed by atoms with E-state index >= 15 is 0 Å². The van der Waals surface area contributed by atoms with Gasteiger partial charge in [0.05, 0.1) is 5.69 Å². The minimum Gasteiger partial charge on any atom is -0.242 e. The molecule has 3 rings (SSSR count). The van der Waals surface area contributed by atoms with E-state index in [9.17, 15) is 0 Å². The van der Waals surface area contributed by atoms with E-state index in [-0.39, 0.29) is 0 Å². The van der Waals surface area contributed by atoms with Gasteiger partial charge in [0.1, 0.15) is 11.5 Å². The van der Waals surface area contributed by atoms with Gasteiger partial charge in [-0.2, -0.15) is 5.10 Å². The van der Waals surface area contributed by atoms with E-state index in [1.54, 1.807) is 4.68 Å². The first kappa shape index (κ1) is 9.78. The number of rotatable bonds is 1. The molecule has 4 nitrogen and oxygen atoms in total. The second kappa shape index (κ2) is 3.56. The first-order valence-electron chi connectivity index (χ1n) is 5.31. The lowest BCUT2D eigenvalue weighted by Crippen LogP contribution is -2.02. The van der Waals surface area contributed by atoms with Crippen LogP contribution in [0.15, 0.2) is 12.4 Å². The van der Waals surface area contributed by atoms with Gasteiger partial charge < -0.3 is 0 Å². The van der Waals surface area contributed by atoms with Crippen molar-refractivity contribution in [3.8, 4) is 5.82 Å². The van der Waals surface area contributed by atoms with E-state index in [1.165, 1.54) is 11.9 Å². The van der Waals surface area contributed by atoms with E-state index in [0.717, 1.165) is 36.5 Å². The van der Waals surface area contributed by atoms with Crippen LogP contribution in [0.3, 0.4) is 0 Å². The molecule has 0 fully saturated rings. The highest BCUT2D eigenvalue weighted by atomic mass is 35.5. The fraction of sp³-hybridized carbons (Fsp3) is 0.364. The van der Waals surface area contributed by atoms with E-state index in [1.807, 2.05) is 13.0 Å². The van der Waals surface area contributed by atoms with Crippen molar-refractivity contribution in [1.29, 1.82) is 0 Å². The first-order valence-corrected chi connectivity index (χ1v) is 5.69. The second-order valence-electron chi connectivity index (χ2n) is 4.00. The molecule has 0 saturated heterocycles. The third-order valence-corrected chi connectivity index (χ3v) is 3.24. The topological polar surface area (TPSA) is 43.6 Å². The zero-order valence-electron chi connectivity index (χ0n) is 8.94. The lowest BCUT2D eigenvalue weighted by atomic mass is 10.3. The SMILES string of the molecule is Cc1cc(-n2nc3c(c2Cl)CCC3)ncn1. The molecule has 1 aliphatic carbocycles. The molecule has 82 valence electrons. The van der Waals surface area contributed by atoms with Crippen LogP contribution in [-0.2, 0) is 12.8 Å². The summed E-state index contributed by atoms with van der Waals surface area (Å²) < 4.78 is 1.71. The van der Waals surface area contributed by atoms with Gasteiger partial charge in [-0.15, -0.1) is 0 Å². The molecule has 2 aromatic rings. The number of fused-ring (bicyclic) bond motifs is 1. The Labute approximate surface area is 98.3 Å².